The molecule has 1 aliphatic heterocycles. The maximum absolute atomic E-state index is 6.03. The number of hydrogen-bond donors (Lipinski definition) is 0. The van der Waals surface area contributed by atoms with E-state index in [9.17, 15) is 0 Å². The molecule has 5 rings (SSSR count). The highest BCUT2D eigenvalue weighted by atomic mass is 16.5. The van der Waals surface area contributed by atoms with E-state index < -0.39 is 0 Å². The average Bonchev–Trinajstić information content (AvgIpc) is 3.19. The molecule has 4 aromatic rings. The topological polar surface area (TPSA) is 68.4 Å². The zero-order valence-electron chi connectivity index (χ0n) is 15.3. The molecule has 5 heterocycles. The molecule has 140 valence electrons. The second-order valence-corrected chi connectivity index (χ2v) is 6.91. The van der Waals surface area contributed by atoms with E-state index in [1.165, 1.54) is 5.56 Å². The molecule has 1 aliphatic rings. The zero-order chi connectivity index (χ0) is 18.8. The van der Waals surface area contributed by atoms with Crippen LogP contribution in [0.1, 0.15) is 17.4 Å². The number of pyridine rings is 3. The van der Waals surface area contributed by atoms with Gasteiger partial charge in [0.05, 0.1) is 12.1 Å². The molecule has 0 saturated carbocycles. The minimum Gasteiger partial charge on any atom is -0.369 e. The Balaban J connectivity index is 1.38. The van der Waals surface area contributed by atoms with Crippen molar-refractivity contribution in [3.8, 4) is 11.1 Å². The van der Waals surface area contributed by atoms with Gasteiger partial charge in [0.15, 0.2) is 0 Å². The van der Waals surface area contributed by atoms with Crippen LogP contribution in [0.5, 0.6) is 0 Å². The first-order chi connectivity index (χ1) is 13.9. The van der Waals surface area contributed by atoms with E-state index in [-0.39, 0.29) is 6.10 Å². The van der Waals surface area contributed by atoms with Gasteiger partial charge in [0.25, 0.3) is 0 Å². The molecule has 1 fully saturated rings. The molecule has 4 aromatic heterocycles. The van der Waals surface area contributed by atoms with Crippen LogP contribution in [0.15, 0.2) is 67.4 Å². The summed E-state index contributed by atoms with van der Waals surface area (Å²) in [4.78, 5) is 10.7. The molecule has 0 bridgehead atoms. The number of nitrogens with zero attached hydrogens (tertiary/aromatic N) is 6. The van der Waals surface area contributed by atoms with Crippen LogP contribution in [0.4, 0.5) is 0 Å². The van der Waals surface area contributed by atoms with Crippen molar-refractivity contribution < 1.29 is 4.74 Å². The van der Waals surface area contributed by atoms with E-state index in [4.69, 9.17) is 4.74 Å². The van der Waals surface area contributed by atoms with Gasteiger partial charge >= 0.3 is 0 Å². The first-order valence-electron chi connectivity index (χ1n) is 9.35. The van der Waals surface area contributed by atoms with E-state index >= 15 is 0 Å². The number of hydrogen-bond acceptors (Lipinski definition) is 6. The standard InChI is InChI=1S/C21H20N6O/c1-2-17(12-23-7-1)18-3-4-19-21(24-25-27(19)14-18)20-15-26(10-11-28-20)13-16-5-8-22-9-6-16/h1-9,12,14,20H,10-11,13,15H2/t20-/m1/s1. The van der Waals surface area contributed by atoms with Gasteiger partial charge in [-0.2, -0.15) is 0 Å². The molecule has 1 saturated heterocycles. The number of morpholine rings is 1. The third kappa shape index (κ3) is 3.37. The number of rotatable bonds is 4. The average molecular weight is 372 g/mol. The van der Waals surface area contributed by atoms with Gasteiger partial charge in [0, 0.05) is 61.7 Å². The van der Waals surface area contributed by atoms with Crippen LogP contribution in [0.25, 0.3) is 16.6 Å². The minimum atomic E-state index is -0.0858. The molecule has 0 aromatic carbocycles. The summed E-state index contributed by atoms with van der Waals surface area (Å²) in [6.07, 6.45) is 9.19. The van der Waals surface area contributed by atoms with Crippen molar-refractivity contribution in [1.82, 2.24) is 29.7 Å². The van der Waals surface area contributed by atoms with E-state index in [0.717, 1.165) is 42.0 Å². The smallest absolute Gasteiger partial charge is 0.121 e. The first-order valence-corrected chi connectivity index (χ1v) is 9.35. The summed E-state index contributed by atoms with van der Waals surface area (Å²) in [5, 5.41) is 8.76. The van der Waals surface area contributed by atoms with Crippen LogP contribution >= 0.6 is 0 Å². The molecule has 0 aliphatic carbocycles. The van der Waals surface area contributed by atoms with E-state index in [2.05, 4.69) is 49.4 Å². The third-order valence-electron chi connectivity index (χ3n) is 5.05. The predicted molar refractivity (Wildman–Crippen MR) is 104 cm³/mol. The Labute approximate surface area is 162 Å². The van der Waals surface area contributed by atoms with Crippen LogP contribution in [-0.2, 0) is 11.3 Å². The highest BCUT2D eigenvalue weighted by Crippen LogP contribution is 2.27. The number of aromatic nitrogens is 5. The summed E-state index contributed by atoms with van der Waals surface area (Å²) in [6.45, 7) is 3.26. The van der Waals surface area contributed by atoms with Crippen molar-refractivity contribution in [3.63, 3.8) is 0 Å². The Kier molecular flexibility index (Phi) is 4.52. The monoisotopic (exact) mass is 372 g/mol. The molecule has 1 atom stereocenters. The largest absolute Gasteiger partial charge is 0.369 e. The Bertz CT molecular complexity index is 1070. The maximum atomic E-state index is 6.03. The SMILES string of the molecule is c1cncc(-c2ccc3c([C@H]4CN(Cc5ccncc5)CCO4)nnn3c2)c1. The van der Waals surface area contributed by atoms with Crippen LogP contribution in [-0.4, -0.2) is 49.4 Å². The lowest BCUT2D eigenvalue weighted by Crippen LogP contribution is -2.38. The Hall–Kier alpha value is -3.16. The maximum Gasteiger partial charge on any atom is 0.121 e. The summed E-state index contributed by atoms with van der Waals surface area (Å²) in [5.74, 6) is 0. The summed E-state index contributed by atoms with van der Waals surface area (Å²) in [7, 11) is 0. The van der Waals surface area contributed by atoms with Gasteiger partial charge in [0.2, 0.25) is 0 Å². The molecule has 28 heavy (non-hydrogen) atoms. The molecular formula is C21H20N6O. The highest BCUT2D eigenvalue weighted by molar-refractivity contribution is 5.65. The second-order valence-electron chi connectivity index (χ2n) is 6.91. The fraction of sp³-hybridized carbons (Fsp3) is 0.238. The summed E-state index contributed by atoms with van der Waals surface area (Å²) < 4.78 is 7.86. The Morgan fingerprint density at radius 1 is 1.00 bits per heavy atom. The fourth-order valence-electron chi connectivity index (χ4n) is 3.61. The van der Waals surface area contributed by atoms with Crippen LogP contribution in [0.2, 0.25) is 0 Å². The number of ether oxygens (including phenoxy) is 1. The van der Waals surface area contributed by atoms with Crippen LogP contribution < -0.4 is 0 Å². The van der Waals surface area contributed by atoms with Gasteiger partial charge < -0.3 is 4.74 Å². The zero-order valence-corrected chi connectivity index (χ0v) is 15.3. The quantitative estimate of drug-likeness (QED) is 0.549. The summed E-state index contributed by atoms with van der Waals surface area (Å²) in [5.41, 5.74) is 5.23. The molecule has 0 N–H and O–H groups in total. The molecule has 0 amide bonds. The lowest BCUT2D eigenvalue weighted by atomic mass is 10.1. The van der Waals surface area contributed by atoms with Crippen molar-refractivity contribution in [2.24, 2.45) is 0 Å². The van der Waals surface area contributed by atoms with Crippen LogP contribution in [0, 0.1) is 0 Å². The van der Waals surface area contributed by atoms with E-state index in [1.54, 1.807) is 6.20 Å². The first kappa shape index (κ1) is 17.0. The lowest BCUT2D eigenvalue weighted by molar-refractivity contribution is -0.0343. The Morgan fingerprint density at radius 3 is 2.79 bits per heavy atom. The minimum absolute atomic E-state index is 0.0858. The third-order valence-corrected chi connectivity index (χ3v) is 5.05. The van der Waals surface area contributed by atoms with Crippen molar-refractivity contribution in [3.05, 3.63) is 78.6 Å². The number of fused-ring (bicyclic) bond motifs is 1. The normalized spacial score (nSPS) is 17.8. The van der Waals surface area contributed by atoms with Gasteiger partial charge in [-0.15, -0.1) is 5.10 Å². The van der Waals surface area contributed by atoms with Crippen LogP contribution in [0.3, 0.4) is 0 Å². The lowest BCUT2D eigenvalue weighted by Gasteiger charge is -2.32. The van der Waals surface area contributed by atoms with E-state index in [1.807, 2.05) is 41.4 Å². The molecule has 0 spiro atoms. The van der Waals surface area contributed by atoms with Gasteiger partial charge in [0.1, 0.15) is 11.8 Å². The highest BCUT2D eigenvalue weighted by Gasteiger charge is 2.26. The van der Waals surface area contributed by atoms with Crippen molar-refractivity contribution in [2.45, 2.75) is 12.6 Å². The van der Waals surface area contributed by atoms with Crippen molar-refractivity contribution in [2.75, 3.05) is 19.7 Å². The van der Waals surface area contributed by atoms with Gasteiger partial charge in [-0.1, -0.05) is 17.3 Å². The molecular weight excluding hydrogens is 352 g/mol. The molecule has 7 nitrogen and oxygen atoms in total. The van der Waals surface area contributed by atoms with Gasteiger partial charge in [-0.25, -0.2) is 4.52 Å². The summed E-state index contributed by atoms with van der Waals surface area (Å²) >= 11 is 0. The Morgan fingerprint density at radius 2 is 1.93 bits per heavy atom. The van der Waals surface area contributed by atoms with E-state index in [0.29, 0.717) is 6.61 Å². The molecule has 7 heteroatoms. The van der Waals surface area contributed by atoms with Crippen molar-refractivity contribution in [1.29, 1.82) is 0 Å². The second kappa shape index (κ2) is 7.46. The summed E-state index contributed by atoms with van der Waals surface area (Å²) in [6, 6.07) is 12.2. The molecule has 0 unspecified atom stereocenters. The van der Waals surface area contributed by atoms with Gasteiger partial charge in [-0.05, 0) is 29.8 Å². The van der Waals surface area contributed by atoms with Gasteiger partial charge in [-0.3, -0.25) is 14.9 Å². The van der Waals surface area contributed by atoms with Crippen molar-refractivity contribution >= 4 is 5.52 Å². The molecule has 0 radical (unpaired) electrons. The fourth-order valence-corrected chi connectivity index (χ4v) is 3.61. The predicted octanol–water partition coefficient (Wildman–Crippen LogP) is 2.76.